The van der Waals surface area contributed by atoms with Gasteiger partial charge >= 0.3 is 0 Å². The van der Waals surface area contributed by atoms with Crippen molar-refractivity contribution in [3.63, 3.8) is 0 Å². The first-order valence-electron chi connectivity index (χ1n) is 8.14. The maximum Gasteiger partial charge on any atom is 0.155 e. The summed E-state index contributed by atoms with van der Waals surface area (Å²) in [5, 5.41) is 40.3. The molecule has 2 heterocycles. The molecule has 0 bridgehead atoms. The van der Waals surface area contributed by atoms with E-state index in [0.29, 0.717) is 19.8 Å². The minimum absolute atomic E-state index is 0.0641. The zero-order chi connectivity index (χ0) is 23.5. The van der Waals surface area contributed by atoms with Crippen LogP contribution in [0, 0.1) is 0 Å². The van der Waals surface area contributed by atoms with Crippen LogP contribution in [0.25, 0.3) is 30.9 Å². The van der Waals surface area contributed by atoms with E-state index in [1.165, 1.54) is 12.4 Å². The zero-order valence-corrected chi connectivity index (χ0v) is 21.1. The summed E-state index contributed by atoms with van der Waals surface area (Å²) in [6.45, 7) is 0. The van der Waals surface area contributed by atoms with Crippen molar-refractivity contribution in [3.05, 3.63) is 42.5 Å². The van der Waals surface area contributed by atoms with Gasteiger partial charge in [-0.25, -0.2) is 9.97 Å². The summed E-state index contributed by atoms with van der Waals surface area (Å²) in [5.74, 6) is -1.75. The predicted molar refractivity (Wildman–Crippen MR) is 131 cm³/mol. The smallest absolute Gasteiger partial charge is 0.155 e. The second kappa shape index (κ2) is 8.77. The number of benzene rings is 2. The Balaban J connectivity index is 1.79. The van der Waals surface area contributed by atoms with Crippen molar-refractivity contribution in [1.29, 1.82) is 0 Å². The highest BCUT2D eigenvalue weighted by atomic mass is 35.5. The third-order valence-corrected chi connectivity index (χ3v) is 8.81. The molecule has 32 heavy (non-hydrogen) atoms. The Morgan fingerprint density at radius 3 is 1.16 bits per heavy atom. The van der Waals surface area contributed by atoms with Crippen LogP contribution in [0.15, 0.2) is 12.4 Å². The van der Waals surface area contributed by atoms with Gasteiger partial charge in [0.25, 0.3) is 0 Å². The molecule has 0 aliphatic rings. The van der Waals surface area contributed by atoms with E-state index >= 15 is 0 Å². The Kier molecular flexibility index (Phi) is 6.52. The number of nitrogens with zero attached hydrogens (tertiary/aromatic N) is 2. The van der Waals surface area contributed by atoms with Gasteiger partial charge in [0.15, 0.2) is 21.5 Å². The summed E-state index contributed by atoms with van der Waals surface area (Å²) in [6, 6.07) is 0. The van der Waals surface area contributed by atoms with Crippen molar-refractivity contribution in [3.8, 4) is 53.9 Å². The molecule has 0 aliphatic carbocycles. The molecule has 4 rings (SSSR count). The molecule has 4 aromatic rings. The maximum atomic E-state index is 10.4. The lowest BCUT2D eigenvalue weighted by atomic mass is 10.1. The van der Waals surface area contributed by atoms with Crippen molar-refractivity contribution in [2.24, 2.45) is 0 Å². The van der Waals surface area contributed by atoms with Crippen LogP contribution in [0.1, 0.15) is 0 Å². The molecule has 166 valence electrons. The van der Waals surface area contributed by atoms with Crippen LogP contribution in [-0.2, 0) is 0 Å². The maximum absolute atomic E-state index is 10.4. The highest BCUT2D eigenvalue weighted by Gasteiger charge is 2.26. The first kappa shape index (κ1) is 23.8. The van der Waals surface area contributed by atoms with Crippen molar-refractivity contribution < 1.29 is 20.4 Å². The minimum atomic E-state index is -0.470. The average molecular weight is 591 g/mol. The van der Waals surface area contributed by atoms with Crippen LogP contribution in [0.5, 0.6) is 23.0 Å². The van der Waals surface area contributed by atoms with E-state index in [4.69, 9.17) is 69.6 Å². The Hall–Kier alpha value is -1.36. The monoisotopic (exact) mass is 588 g/mol. The van der Waals surface area contributed by atoms with E-state index in [1.807, 2.05) is 0 Å². The molecule has 0 spiro atoms. The molecule has 4 N–H and O–H groups in total. The first-order valence-corrected chi connectivity index (χ1v) is 12.0. The molecule has 0 fully saturated rings. The van der Waals surface area contributed by atoms with Crippen molar-refractivity contribution in [1.82, 2.24) is 9.97 Å². The van der Waals surface area contributed by atoms with E-state index in [1.54, 1.807) is 0 Å². The molecule has 0 radical (unpaired) electrons. The molecule has 0 unspecified atom stereocenters. The van der Waals surface area contributed by atoms with Gasteiger partial charge in [0.05, 0.1) is 30.9 Å². The fourth-order valence-electron chi connectivity index (χ4n) is 2.70. The van der Waals surface area contributed by atoms with Gasteiger partial charge in [-0.1, -0.05) is 69.6 Å². The topological polar surface area (TPSA) is 107 Å². The third kappa shape index (κ3) is 3.73. The number of phenols is 4. The van der Waals surface area contributed by atoms with Gasteiger partial charge in [-0.15, -0.1) is 22.7 Å². The third-order valence-electron chi connectivity index (χ3n) is 4.23. The lowest BCUT2D eigenvalue weighted by molar-refractivity contribution is 0.462. The van der Waals surface area contributed by atoms with E-state index in [2.05, 4.69) is 9.97 Å². The van der Waals surface area contributed by atoms with E-state index in [0.717, 1.165) is 22.7 Å². The molecule has 6 nitrogen and oxygen atoms in total. The Morgan fingerprint density at radius 2 is 0.812 bits per heavy atom. The lowest BCUT2D eigenvalue weighted by Gasteiger charge is -2.10. The number of hydrogen-bond acceptors (Lipinski definition) is 8. The lowest BCUT2D eigenvalue weighted by Crippen LogP contribution is -1.83. The largest absolute Gasteiger partial charge is 0.506 e. The molecule has 2 aromatic heterocycles. The number of thiazole rings is 2. The molecule has 0 atom stereocenters. The Labute approximate surface area is 217 Å². The predicted octanol–water partition coefficient (Wildman–Crippen LogP) is 8.34. The normalized spacial score (nSPS) is 11.3. The molecule has 14 heteroatoms. The molecule has 0 saturated carbocycles. The average Bonchev–Trinajstić information content (AvgIpc) is 3.44. The van der Waals surface area contributed by atoms with Gasteiger partial charge in [0.2, 0.25) is 0 Å². The molecule has 0 amide bonds. The summed E-state index contributed by atoms with van der Waals surface area (Å²) < 4.78 is 0. The molecule has 2 aromatic carbocycles. The number of hydrogen-bond donors (Lipinski definition) is 4. The minimum Gasteiger partial charge on any atom is -0.506 e. The van der Waals surface area contributed by atoms with E-state index < -0.39 is 23.0 Å². The van der Waals surface area contributed by atoms with Crippen LogP contribution in [-0.4, -0.2) is 30.4 Å². The van der Waals surface area contributed by atoms with Crippen molar-refractivity contribution in [2.45, 2.75) is 0 Å². The molecular weight excluding hydrogens is 585 g/mol. The highest BCUT2D eigenvalue weighted by Crippen LogP contribution is 2.54. The number of rotatable bonds is 3. The number of aromatic hydroxyl groups is 4. The zero-order valence-electron chi connectivity index (χ0n) is 14.9. The Morgan fingerprint density at radius 1 is 0.500 bits per heavy atom. The van der Waals surface area contributed by atoms with E-state index in [9.17, 15) is 20.4 Å². The van der Waals surface area contributed by atoms with Crippen LogP contribution in [0.3, 0.4) is 0 Å². The van der Waals surface area contributed by atoms with Crippen LogP contribution in [0.2, 0.25) is 30.1 Å². The second-order valence-corrected chi connectivity index (χ2v) is 10.4. The van der Waals surface area contributed by atoms with Gasteiger partial charge in [-0.3, -0.25) is 0 Å². The SMILES string of the molecule is Oc1c(Cl)c(Cl)c(O)c(-c2cnc(-c3ncc(-c4c(O)c(Cl)c(Cl)c(O)c4Cl)s3)s2)c1Cl. The van der Waals surface area contributed by atoms with Gasteiger partial charge in [-0.05, 0) is 0 Å². The van der Waals surface area contributed by atoms with Crippen molar-refractivity contribution >= 4 is 92.3 Å². The number of aromatic nitrogens is 2. The number of phenolic OH excluding ortho intramolecular Hbond substituents is 4. The fraction of sp³-hybridized carbons (Fsp3) is 0. The summed E-state index contributed by atoms with van der Waals surface area (Å²) in [6.07, 6.45) is 2.84. The standard InChI is InChI=1S/C18H6Cl6N2O4S2/c19-7-5(13(27)9(21)11(23)15(7)29)3-1-25-17(31-3)18-26-2-4(32-18)6-8(20)16(30)12(24)10(22)14(6)28/h1-2,27-30H. The van der Waals surface area contributed by atoms with Crippen LogP contribution >= 0.6 is 92.3 Å². The molecule has 0 saturated heterocycles. The summed E-state index contributed by atoms with van der Waals surface area (Å²) in [7, 11) is 0. The van der Waals surface area contributed by atoms with Crippen LogP contribution in [0.4, 0.5) is 0 Å². The number of halogens is 6. The molecule has 0 aliphatic heterocycles. The van der Waals surface area contributed by atoms with Gasteiger partial charge in [-0.2, -0.15) is 0 Å². The van der Waals surface area contributed by atoms with Crippen molar-refractivity contribution in [2.75, 3.05) is 0 Å². The summed E-state index contributed by atoms with van der Waals surface area (Å²) in [5.41, 5.74) is 0.128. The quantitative estimate of drug-likeness (QED) is 0.141. The van der Waals surface area contributed by atoms with Gasteiger partial charge < -0.3 is 20.4 Å². The van der Waals surface area contributed by atoms with Crippen LogP contribution < -0.4 is 0 Å². The highest BCUT2D eigenvalue weighted by molar-refractivity contribution is 7.24. The van der Waals surface area contributed by atoms with Gasteiger partial charge in [0, 0.05) is 12.4 Å². The first-order chi connectivity index (χ1) is 15.0. The molecular formula is C18H6Cl6N2O4S2. The summed E-state index contributed by atoms with van der Waals surface area (Å²) >= 11 is 38.2. The van der Waals surface area contributed by atoms with E-state index in [-0.39, 0.29) is 41.3 Å². The fourth-order valence-corrected chi connectivity index (χ4v) is 6.19. The Bertz CT molecular complexity index is 1240. The summed E-state index contributed by atoms with van der Waals surface area (Å²) in [4.78, 5) is 9.33. The van der Waals surface area contributed by atoms with Gasteiger partial charge in [0.1, 0.15) is 31.6 Å². The second-order valence-electron chi connectivity index (χ2n) is 6.09.